The maximum Gasteiger partial charge on any atom is 0.334 e. The molecular weight excluding hydrogens is 372 g/mol. The van der Waals surface area contributed by atoms with Crippen LogP contribution in [0.15, 0.2) is 34.9 Å². The summed E-state index contributed by atoms with van der Waals surface area (Å²) in [6.07, 6.45) is 8.20. The van der Waals surface area contributed by atoms with Crippen molar-refractivity contribution in [2.75, 3.05) is 7.11 Å². The molecule has 0 aromatic carbocycles. The molecule has 6 heteroatoms. The van der Waals surface area contributed by atoms with Crippen LogP contribution in [0.2, 0.25) is 0 Å². The normalized spacial score (nSPS) is 29.5. The van der Waals surface area contributed by atoms with E-state index in [1.807, 2.05) is 12.2 Å². The Morgan fingerprint density at radius 2 is 1.93 bits per heavy atom. The highest BCUT2D eigenvalue weighted by molar-refractivity contribution is 5.89. The molecule has 0 aromatic rings. The van der Waals surface area contributed by atoms with Gasteiger partial charge in [0, 0.05) is 18.1 Å². The maximum atomic E-state index is 12.8. The van der Waals surface area contributed by atoms with Crippen molar-refractivity contribution >= 4 is 17.9 Å². The van der Waals surface area contributed by atoms with Crippen LogP contribution in [-0.2, 0) is 28.6 Å². The molecule has 29 heavy (non-hydrogen) atoms. The molecule has 2 aliphatic heterocycles. The van der Waals surface area contributed by atoms with Crippen molar-refractivity contribution in [2.24, 2.45) is 5.92 Å². The van der Waals surface area contributed by atoms with Crippen LogP contribution in [0, 0.1) is 5.92 Å². The molecule has 2 heterocycles. The molecule has 0 saturated heterocycles. The van der Waals surface area contributed by atoms with Gasteiger partial charge in [-0.05, 0) is 51.4 Å². The summed E-state index contributed by atoms with van der Waals surface area (Å²) in [5, 5.41) is 0. The second-order valence-electron chi connectivity index (χ2n) is 8.19. The molecule has 2 aliphatic rings. The fourth-order valence-electron chi connectivity index (χ4n) is 3.79. The Hall–Kier alpha value is -2.37. The van der Waals surface area contributed by atoms with Gasteiger partial charge in [-0.15, -0.1) is 0 Å². The van der Waals surface area contributed by atoms with E-state index >= 15 is 0 Å². The standard InChI is InChI=1S/C23H32O6/c1-15(2)17-8-10-18-7-6-14-23(4,29-22(18)26)20(28-16(3)24)13-12-19(11-9-17)21(25)27-5/h7,9,11,15,20H,6,8,10,12-14H2,1-5H3/b17-9-,19-11+/t20-,23-/m0/s1. The summed E-state index contributed by atoms with van der Waals surface area (Å²) in [5.74, 6) is -0.936. The molecule has 0 spiro atoms. The van der Waals surface area contributed by atoms with Crippen molar-refractivity contribution < 1.29 is 28.6 Å². The highest BCUT2D eigenvalue weighted by atomic mass is 16.6. The fraction of sp³-hybridized carbons (Fsp3) is 0.609. The van der Waals surface area contributed by atoms with Crippen molar-refractivity contribution in [3.8, 4) is 0 Å². The summed E-state index contributed by atoms with van der Waals surface area (Å²) < 4.78 is 16.4. The molecule has 0 fully saturated rings. The van der Waals surface area contributed by atoms with E-state index in [1.165, 1.54) is 14.0 Å². The minimum Gasteiger partial charge on any atom is -0.466 e. The van der Waals surface area contributed by atoms with Gasteiger partial charge in [0.05, 0.1) is 7.11 Å². The first-order valence-corrected chi connectivity index (χ1v) is 10.2. The number of hydrogen-bond donors (Lipinski definition) is 0. The van der Waals surface area contributed by atoms with Gasteiger partial charge in [-0.25, -0.2) is 9.59 Å². The summed E-state index contributed by atoms with van der Waals surface area (Å²) >= 11 is 0. The molecule has 0 N–H and O–H groups in total. The number of allylic oxidation sites excluding steroid dienone is 4. The summed E-state index contributed by atoms with van der Waals surface area (Å²) in [7, 11) is 1.35. The lowest BCUT2D eigenvalue weighted by molar-refractivity contribution is -0.181. The van der Waals surface area contributed by atoms with Crippen molar-refractivity contribution in [3.05, 3.63) is 34.9 Å². The zero-order valence-electron chi connectivity index (χ0n) is 18.1. The minimum absolute atomic E-state index is 0.275. The van der Waals surface area contributed by atoms with E-state index in [2.05, 4.69) is 13.8 Å². The van der Waals surface area contributed by atoms with Crippen LogP contribution in [0.25, 0.3) is 0 Å². The molecule has 160 valence electrons. The number of ether oxygens (including phenoxy) is 3. The van der Waals surface area contributed by atoms with Gasteiger partial charge in [0.2, 0.25) is 0 Å². The third kappa shape index (κ3) is 6.05. The van der Waals surface area contributed by atoms with Crippen molar-refractivity contribution in [3.63, 3.8) is 0 Å². The van der Waals surface area contributed by atoms with Gasteiger partial charge < -0.3 is 14.2 Å². The highest BCUT2D eigenvalue weighted by Crippen LogP contribution is 2.34. The van der Waals surface area contributed by atoms with Gasteiger partial charge in [-0.3, -0.25) is 4.79 Å². The monoisotopic (exact) mass is 404 g/mol. The molecule has 0 unspecified atom stereocenters. The largest absolute Gasteiger partial charge is 0.466 e. The molecule has 6 nitrogen and oxygen atoms in total. The van der Waals surface area contributed by atoms with Gasteiger partial charge in [0.15, 0.2) is 0 Å². The lowest BCUT2D eigenvalue weighted by atomic mass is 9.88. The van der Waals surface area contributed by atoms with Crippen LogP contribution < -0.4 is 0 Å². The van der Waals surface area contributed by atoms with E-state index in [1.54, 1.807) is 13.0 Å². The Bertz CT molecular complexity index is 742. The smallest absolute Gasteiger partial charge is 0.334 e. The third-order valence-electron chi connectivity index (χ3n) is 5.66. The first-order chi connectivity index (χ1) is 13.7. The van der Waals surface area contributed by atoms with Crippen LogP contribution in [0.4, 0.5) is 0 Å². The van der Waals surface area contributed by atoms with Gasteiger partial charge in [-0.1, -0.05) is 37.6 Å². The van der Waals surface area contributed by atoms with Crippen molar-refractivity contribution in [1.29, 1.82) is 0 Å². The Balaban J connectivity index is 2.48. The van der Waals surface area contributed by atoms with E-state index < -0.39 is 23.6 Å². The second-order valence-corrected chi connectivity index (χ2v) is 8.19. The minimum atomic E-state index is -0.954. The number of rotatable bonds is 3. The third-order valence-corrected chi connectivity index (χ3v) is 5.66. The van der Waals surface area contributed by atoms with Crippen LogP contribution >= 0.6 is 0 Å². The predicted molar refractivity (Wildman–Crippen MR) is 109 cm³/mol. The van der Waals surface area contributed by atoms with Crippen molar-refractivity contribution in [1.82, 2.24) is 0 Å². The summed E-state index contributed by atoms with van der Waals surface area (Å²) in [6, 6.07) is 0. The molecule has 0 aromatic heterocycles. The Morgan fingerprint density at radius 3 is 2.55 bits per heavy atom. The lowest BCUT2D eigenvalue weighted by Crippen LogP contribution is -2.45. The zero-order valence-corrected chi connectivity index (χ0v) is 18.1. The fourth-order valence-corrected chi connectivity index (χ4v) is 3.79. The van der Waals surface area contributed by atoms with Crippen LogP contribution in [0.1, 0.15) is 66.2 Å². The average molecular weight is 405 g/mol. The number of esters is 3. The van der Waals surface area contributed by atoms with Gasteiger partial charge in [0.1, 0.15) is 11.7 Å². The molecule has 0 aliphatic carbocycles. The maximum absolute atomic E-state index is 12.8. The molecule has 2 bridgehead atoms. The number of fused-ring (bicyclic) bond motifs is 3. The Morgan fingerprint density at radius 1 is 1.21 bits per heavy atom. The first kappa shape index (κ1) is 22.9. The van der Waals surface area contributed by atoms with Crippen LogP contribution in [0.5, 0.6) is 0 Å². The van der Waals surface area contributed by atoms with Gasteiger partial charge >= 0.3 is 17.9 Å². The molecule has 0 radical (unpaired) electrons. The number of carbonyl (C=O) groups is 3. The molecular formula is C23H32O6. The summed E-state index contributed by atoms with van der Waals surface area (Å²) in [6.45, 7) is 7.31. The predicted octanol–water partition coefficient (Wildman–Crippen LogP) is 4.20. The van der Waals surface area contributed by atoms with Gasteiger partial charge in [-0.2, -0.15) is 0 Å². The molecule has 0 saturated carbocycles. The first-order valence-electron chi connectivity index (χ1n) is 10.2. The van der Waals surface area contributed by atoms with Crippen molar-refractivity contribution in [2.45, 2.75) is 77.9 Å². The Labute approximate surface area is 173 Å². The SMILES string of the molecule is COC(=O)/C1=C/C=C(\C(C)C)CCC2=CCC[C@](C)(OC2=O)[C@@H](OC(C)=O)CC1. The average Bonchev–Trinajstić information content (AvgIpc) is 2.79. The van der Waals surface area contributed by atoms with E-state index in [-0.39, 0.29) is 11.9 Å². The van der Waals surface area contributed by atoms with E-state index in [0.717, 1.165) is 5.57 Å². The lowest BCUT2D eigenvalue weighted by Gasteiger charge is -2.35. The number of hydrogen-bond acceptors (Lipinski definition) is 6. The van der Waals surface area contributed by atoms with E-state index in [4.69, 9.17) is 14.2 Å². The quantitative estimate of drug-likeness (QED) is 0.518. The molecule has 0 amide bonds. The molecule has 2 atom stereocenters. The summed E-state index contributed by atoms with van der Waals surface area (Å²) in [4.78, 5) is 36.8. The summed E-state index contributed by atoms with van der Waals surface area (Å²) in [5.41, 5.74) is 1.34. The Kier molecular flexibility index (Phi) is 7.82. The second kappa shape index (κ2) is 9.90. The van der Waals surface area contributed by atoms with E-state index in [0.29, 0.717) is 49.7 Å². The topological polar surface area (TPSA) is 78.9 Å². The van der Waals surface area contributed by atoms with Crippen LogP contribution in [0.3, 0.4) is 0 Å². The zero-order chi connectivity index (χ0) is 21.6. The van der Waals surface area contributed by atoms with Crippen LogP contribution in [-0.4, -0.2) is 36.7 Å². The molecule has 2 rings (SSSR count). The number of carbonyl (C=O) groups excluding carboxylic acids is 3. The highest BCUT2D eigenvalue weighted by Gasteiger charge is 2.42. The number of methoxy groups -OCH3 is 1. The van der Waals surface area contributed by atoms with Gasteiger partial charge in [0.25, 0.3) is 0 Å². The van der Waals surface area contributed by atoms with E-state index in [9.17, 15) is 14.4 Å².